The number of rotatable bonds is 6. The zero-order chi connectivity index (χ0) is 15.8. The van der Waals surface area contributed by atoms with Gasteiger partial charge in [0.05, 0.1) is 11.6 Å². The van der Waals surface area contributed by atoms with Crippen LogP contribution in [0.2, 0.25) is 0 Å². The van der Waals surface area contributed by atoms with Crippen LogP contribution in [0.1, 0.15) is 24.5 Å². The molecule has 0 aliphatic rings. The Hall–Kier alpha value is -2.80. The van der Waals surface area contributed by atoms with Gasteiger partial charge in [0.25, 0.3) is 5.91 Å². The second kappa shape index (κ2) is 7.84. The Morgan fingerprint density at radius 1 is 1.14 bits per heavy atom. The van der Waals surface area contributed by atoms with Crippen molar-refractivity contribution in [3.63, 3.8) is 0 Å². The van der Waals surface area contributed by atoms with E-state index < -0.39 is 0 Å². The van der Waals surface area contributed by atoms with Gasteiger partial charge in [-0.3, -0.25) is 4.79 Å². The van der Waals surface area contributed by atoms with Crippen LogP contribution in [-0.4, -0.2) is 12.5 Å². The second-order valence-electron chi connectivity index (χ2n) is 4.92. The minimum atomic E-state index is -0.215. The standard InChI is InChI=1S/C18H18N2O2/c1-2-3-14-4-8-16(9-5-14)20-18(21)13-22-17-10-6-15(12-19)7-11-17/h4-11H,2-3,13H2,1H3,(H,20,21). The predicted octanol–water partition coefficient (Wildman–Crippen LogP) is 3.53. The van der Waals surface area contributed by atoms with Crippen LogP contribution < -0.4 is 10.1 Å². The van der Waals surface area contributed by atoms with Gasteiger partial charge in [0.1, 0.15) is 5.75 Å². The van der Waals surface area contributed by atoms with Crippen molar-refractivity contribution in [1.29, 1.82) is 5.26 Å². The third kappa shape index (κ3) is 4.64. The van der Waals surface area contributed by atoms with E-state index in [1.807, 2.05) is 30.3 Å². The van der Waals surface area contributed by atoms with Crippen molar-refractivity contribution in [2.75, 3.05) is 11.9 Å². The molecule has 112 valence electrons. The summed E-state index contributed by atoms with van der Waals surface area (Å²) in [6, 6.07) is 16.5. The number of anilines is 1. The van der Waals surface area contributed by atoms with Gasteiger partial charge >= 0.3 is 0 Å². The van der Waals surface area contributed by atoms with Gasteiger partial charge < -0.3 is 10.1 Å². The molecule has 0 bridgehead atoms. The van der Waals surface area contributed by atoms with Crippen molar-refractivity contribution in [3.05, 3.63) is 59.7 Å². The summed E-state index contributed by atoms with van der Waals surface area (Å²) in [5.74, 6) is 0.347. The van der Waals surface area contributed by atoms with Crippen molar-refractivity contribution < 1.29 is 9.53 Å². The Morgan fingerprint density at radius 2 is 1.82 bits per heavy atom. The number of benzene rings is 2. The molecule has 0 heterocycles. The third-order valence-electron chi connectivity index (χ3n) is 3.13. The van der Waals surface area contributed by atoms with Crippen LogP contribution in [0.15, 0.2) is 48.5 Å². The van der Waals surface area contributed by atoms with Gasteiger partial charge in [0, 0.05) is 5.69 Å². The number of ether oxygens (including phenoxy) is 1. The molecule has 0 fully saturated rings. The highest BCUT2D eigenvalue weighted by molar-refractivity contribution is 5.91. The van der Waals surface area contributed by atoms with E-state index in [4.69, 9.17) is 10.00 Å². The van der Waals surface area contributed by atoms with Crippen molar-refractivity contribution >= 4 is 11.6 Å². The minimum absolute atomic E-state index is 0.0669. The zero-order valence-electron chi connectivity index (χ0n) is 12.5. The Labute approximate surface area is 130 Å². The number of carbonyl (C=O) groups excluding carboxylic acids is 1. The molecule has 0 saturated heterocycles. The van der Waals surface area contributed by atoms with Gasteiger partial charge in [-0.2, -0.15) is 5.26 Å². The van der Waals surface area contributed by atoms with Crippen LogP contribution in [0.3, 0.4) is 0 Å². The molecule has 1 amide bonds. The summed E-state index contributed by atoms with van der Waals surface area (Å²) in [7, 11) is 0. The molecule has 4 nitrogen and oxygen atoms in total. The fraction of sp³-hybridized carbons (Fsp3) is 0.222. The maximum atomic E-state index is 11.8. The van der Waals surface area contributed by atoms with E-state index in [-0.39, 0.29) is 12.5 Å². The highest BCUT2D eigenvalue weighted by atomic mass is 16.5. The topological polar surface area (TPSA) is 62.1 Å². The molecule has 1 N–H and O–H groups in total. The molecular formula is C18H18N2O2. The van der Waals surface area contributed by atoms with Gasteiger partial charge in [0.15, 0.2) is 6.61 Å². The summed E-state index contributed by atoms with van der Waals surface area (Å²) in [5.41, 5.74) is 2.58. The molecule has 0 aliphatic carbocycles. The lowest BCUT2D eigenvalue weighted by atomic mass is 10.1. The van der Waals surface area contributed by atoms with Crippen LogP contribution in [0, 0.1) is 11.3 Å². The Kier molecular flexibility index (Phi) is 5.56. The maximum absolute atomic E-state index is 11.8. The Balaban J connectivity index is 1.83. The van der Waals surface area contributed by atoms with E-state index in [2.05, 4.69) is 12.2 Å². The fourth-order valence-electron chi connectivity index (χ4n) is 2.02. The van der Waals surface area contributed by atoms with Crippen molar-refractivity contribution in [3.8, 4) is 11.8 Å². The summed E-state index contributed by atoms with van der Waals surface area (Å²) >= 11 is 0. The molecule has 0 atom stereocenters. The molecule has 2 rings (SSSR count). The van der Waals surface area contributed by atoms with Crippen LogP contribution in [0.5, 0.6) is 5.75 Å². The molecular weight excluding hydrogens is 276 g/mol. The average molecular weight is 294 g/mol. The molecule has 2 aromatic rings. The van der Waals surface area contributed by atoms with E-state index in [0.717, 1.165) is 18.5 Å². The highest BCUT2D eigenvalue weighted by Crippen LogP contribution is 2.13. The number of nitrogens with one attached hydrogen (secondary N) is 1. The van der Waals surface area contributed by atoms with Crippen LogP contribution >= 0.6 is 0 Å². The molecule has 22 heavy (non-hydrogen) atoms. The number of nitrogens with zero attached hydrogens (tertiary/aromatic N) is 1. The average Bonchev–Trinajstić information content (AvgIpc) is 2.55. The summed E-state index contributed by atoms with van der Waals surface area (Å²) in [6.45, 7) is 2.07. The normalized spacial score (nSPS) is 9.82. The van der Waals surface area contributed by atoms with Gasteiger partial charge in [-0.1, -0.05) is 25.5 Å². The summed E-state index contributed by atoms with van der Waals surface area (Å²) in [4.78, 5) is 11.8. The van der Waals surface area contributed by atoms with Crippen LogP contribution in [0.4, 0.5) is 5.69 Å². The first-order valence-electron chi connectivity index (χ1n) is 7.23. The fourth-order valence-corrected chi connectivity index (χ4v) is 2.02. The van der Waals surface area contributed by atoms with Crippen molar-refractivity contribution in [2.45, 2.75) is 19.8 Å². The van der Waals surface area contributed by atoms with E-state index in [0.29, 0.717) is 11.3 Å². The van der Waals surface area contributed by atoms with Crippen LogP contribution in [0.25, 0.3) is 0 Å². The van der Waals surface area contributed by atoms with E-state index >= 15 is 0 Å². The van der Waals surface area contributed by atoms with E-state index in [1.165, 1.54) is 5.56 Å². The number of carbonyl (C=O) groups is 1. The predicted molar refractivity (Wildman–Crippen MR) is 85.7 cm³/mol. The molecule has 0 radical (unpaired) electrons. The number of hydrogen-bond acceptors (Lipinski definition) is 3. The number of amides is 1. The third-order valence-corrected chi connectivity index (χ3v) is 3.13. The van der Waals surface area contributed by atoms with Crippen LogP contribution in [-0.2, 0) is 11.2 Å². The van der Waals surface area contributed by atoms with Gasteiger partial charge in [-0.05, 0) is 48.4 Å². The molecule has 0 unspecified atom stereocenters. The summed E-state index contributed by atoms with van der Waals surface area (Å²) in [5, 5.41) is 11.5. The van der Waals surface area contributed by atoms with E-state index in [9.17, 15) is 4.79 Å². The molecule has 4 heteroatoms. The largest absolute Gasteiger partial charge is 0.484 e. The van der Waals surface area contributed by atoms with Gasteiger partial charge in [0.2, 0.25) is 0 Å². The summed E-state index contributed by atoms with van der Waals surface area (Å²) < 4.78 is 5.38. The van der Waals surface area contributed by atoms with Crippen molar-refractivity contribution in [1.82, 2.24) is 0 Å². The van der Waals surface area contributed by atoms with E-state index in [1.54, 1.807) is 24.3 Å². The lowest BCUT2D eigenvalue weighted by molar-refractivity contribution is -0.118. The van der Waals surface area contributed by atoms with Crippen molar-refractivity contribution in [2.24, 2.45) is 0 Å². The number of hydrogen-bond donors (Lipinski definition) is 1. The highest BCUT2D eigenvalue weighted by Gasteiger charge is 2.04. The van der Waals surface area contributed by atoms with Gasteiger partial charge in [-0.15, -0.1) is 0 Å². The lowest BCUT2D eigenvalue weighted by Crippen LogP contribution is -2.20. The first-order valence-corrected chi connectivity index (χ1v) is 7.23. The smallest absolute Gasteiger partial charge is 0.262 e. The Bertz CT molecular complexity index is 655. The minimum Gasteiger partial charge on any atom is -0.484 e. The maximum Gasteiger partial charge on any atom is 0.262 e. The summed E-state index contributed by atoms with van der Waals surface area (Å²) in [6.07, 6.45) is 2.14. The Morgan fingerprint density at radius 3 is 2.41 bits per heavy atom. The molecule has 0 saturated carbocycles. The first-order chi connectivity index (χ1) is 10.7. The molecule has 0 aliphatic heterocycles. The number of aryl methyl sites for hydroxylation is 1. The monoisotopic (exact) mass is 294 g/mol. The molecule has 2 aromatic carbocycles. The molecule has 0 aromatic heterocycles. The van der Waals surface area contributed by atoms with Gasteiger partial charge in [-0.25, -0.2) is 0 Å². The lowest BCUT2D eigenvalue weighted by Gasteiger charge is -2.08. The first kappa shape index (κ1) is 15.6. The SMILES string of the molecule is CCCc1ccc(NC(=O)COc2ccc(C#N)cc2)cc1. The second-order valence-corrected chi connectivity index (χ2v) is 4.92. The quantitative estimate of drug-likeness (QED) is 0.886. The molecule has 0 spiro atoms. The number of nitriles is 1. The zero-order valence-corrected chi connectivity index (χ0v) is 12.5.